The highest BCUT2D eigenvalue weighted by Crippen LogP contribution is 2.49. The lowest BCUT2D eigenvalue weighted by Crippen LogP contribution is -2.28. The first-order chi connectivity index (χ1) is 11.3. The molecule has 1 N–H and O–H groups in total. The summed E-state index contributed by atoms with van der Waals surface area (Å²) in [6.07, 6.45) is 13.3. The first-order valence-electron chi connectivity index (χ1n) is 9.52. The Kier molecular flexibility index (Phi) is 4.70. The van der Waals surface area contributed by atoms with Gasteiger partial charge in [0.1, 0.15) is 0 Å². The van der Waals surface area contributed by atoms with Crippen LogP contribution in [0, 0.1) is 17.8 Å². The first kappa shape index (κ1) is 15.6. The first-order valence-corrected chi connectivity index (χ1v) is 10.3. The third-order valence-corrected chi connectivity index (χ3v) is 7.33. The average molecular weight is 333 g/mol. The number of nitrogens with zero attached hydrogens (tertiary/aromatic N) is 1. The van der Waals surface area contributed by atoms with Crippen molar-refractivity contribution in [1.82, 2.24) is 10.3 Å². The van der Waals surface area contributed by atoms with Crippen LogP contribution in [0.5, 0.6) is 0 Å². The van der Waals surface area contributed by atoms with Gasteiger partial charge in [-0.25, -0.2) is 4.98 Å². The number of aromatic nitrogens is 1. The average Bonchev–Trinajstić information content (AvgIpc) is 3.25. The van der Waals surface area contributed by atoms with Crippen molar-refractivity contribution in [3.8, 4) is 0 Å². The monoisotopic (exact) mass is 332 g/mol. The highest BCUT2D eigenvalue weighted by Gasteiger charge is 2.39. The molecule has 1 amide bonds. The zero-order valence-corrected chi connectivity index (χ0v) is 14.8. The van der Waals surface area contributed by atoms with Crippen molar-refractivity contribution in [3.63, 3.8) is 0 Å². The summed E-state index contributed by atoms with van der Waals surface area (Å²) in [6.45, 7) is 0.809. The molecule has 3 aliphatic rings. The quantitative estimate of drug-likeness (QED) is 0.803. The molecule has 4 heteroatoms. The van der Waals surface area contributed by atoms with E-state index in [2.05, 4.69) is 5.32 Å². The fraction of sp³-hybridized carbons (Fsp3) is 0.789. The van der Waals surface area contributed by atoms with Gasteiger partial charge in [-0.15, -0.1) is 11.3 Å². The molecular formula is C19H28N2OS. The van der Waals surface area contributed by atoms with Crippen LogP contribution in [-0.4, -0.2) is 17.4 Å². The molecule has 1 heterocycles. The maximum Gasteiger partial charge on any atom is 0.220 e. The van der Waals surface area contributed by atoms with Crippen LogP contribution in [0.3, 0.4) is 0 Å². The lowest BCUT2D eigenvalue weighted by molar-refractivity contribution is -0.122. The van der Waals surface area contributed by atoms with E-state index < -0.39 is 0 Å². The van der Waals surface area contributed by atoms with E-state index in [1.807, 2.05) is 11.3 Å². The largest absolute Gasteiger partial charge is 0.356 e. The van der Waals surface area contributed by atoms with Gasteiger partial charge in [0.15, 0.2) is 0 Å². The molecule has 23 heavy (non-hydrogen) atoms. The van der Waals surface area contributed by atoms with Gasteiger partial charge in [-0.3, -0.25) is 4.79 Å². The summed E-state index contributed by atoms with van der Waals surface area (Å²) in [7, 11) is 0. The number of carbonyl (C=O) groups excluding carboxylic acids is 1. The van der Waals surface area contributed by atoms with E-state index >= 15 is 0 Å². The molecule has 0 aliphatic heterocycles. The summed E-state index contributed by atoms with van der Waals surface area (Å²) in [4.78, 5) is 18.4. The summed E-state index contributed by atoms with van der Waals surface area (Å²) >= 11 is 1.90. The second-order valence-corrected chi connectivity index (χ2v) is 8.95. The molecule has 0 saturated heterocycles. The molecule has 0 aromatic carbocycles. The van der Waals surface area contributed by atoms with Crippen molar-refractivity contribution in [1.29, 1.82) is 0 Å². The number of rotatable bonds is 6. The van der Waals surface area contributed by atoms with E-state index in [0.29, 0.717) is 5.92 Å². The van der Waals surface area contributed by atoms with E-state index in [4.69, 9.17) is 4.98 Å². The third kappa shape index (κ3) is 3.62. The molecule has 1 aromatic rings. The van der Waals surface area contributed by atoms with Crippen LogP contribution in [0.4, 0.5) is 0 Å². The fourth-order valence-corrected chi connectivity index (χ4v) is 6.12. The Hall–Kier alpha value is -0.900. The number of carbonyl (C=O) groups is 1. The van der Waals surface area contributed by atoms with Gasteiger partial charge in [0.2, 0.25) is 5.91 Å². The van der Waals surface area contributed by atoms with Crippen LogP contribution in [0.25, 0.3) is 0 Å². The van der Waals surface area contributed by atoms with Crippen molar-refractivity contribution in [3.05, 3.63) is 15.6 Å². The van der Waals surface area contributed by atoms with Crippen LogP contribution in [0.15, 0.2) is 0 Å². The van der Waals surface area contributed by atoms with E-state index in [-0.39, 0.29) is 5.91 Å². The molecule has 2 fully saturated rings. The van der Waals surface area contributed by atoms with Crippen molar-refractivity contribution >= 4 is 17.2 Å². The second kappa shape index (κ2) is 6.92. The summed E-state index contributed by atoms with van der Waals surface area (Å²) < 4.78 is 0. The number of hydrogen-bond donors (Lipinski definition) is 1. The van der Waals surface area contributed by atoms with E-state index in [0.717, 1.165) is 37.6 Å². The summed E-state index contributed by atoms with van der Waals surface area (Å²) in [5.74, 6) is 2.75. The van der Waals surface area contributed by atoms with Crippen LogP contribution in [-0.2, 0) is 24.1 Å². The Morgan fingerprint density at radius 3 is 2.91 bits per heavy atom. The topological polar surface area (TPSA) is 42.0 Å². The molecule has 2 bridgehead atoms. The third-order valence-electron chi connectivity index (χ3n) is 6.11. The van der Waals surface area contributed by atoms with E-state index in [9.17, 15) is 4.79 Å². The maximum absolute atomic E-state index is 12.1. The predicted molar refractivity (Wildman–Crippen MR) is 93.6 cm³/mol. The lowest BCUT2D eigenvalue weighted by Gasteiger charge is -2.20. The molecule has 2 saturated carbocycles. The fourth-order valence-electron chi connectivity index (χ4n) is 4.92. The minimum absolute atomic E-state index is 0.279. The minimum Gasteiger partial charge on any atom is -0.356 e. The molecule has 3 aliphatic carbocycles. The summed E-state index contributed by atoms with van der Waals surface area (Å²) in [5, 5.41) is 4.42. The number of fused-ring (bicyclic) bond motifs is 3. The maximum atomic E-state index is 12.1. The molecule has 3 nitrogen and oxygen atoms in total. The zero-order valence-electron chi connectivity index (χ0n) is 14.0. The lowest BCUT2D eigenvalue weighted by atomic mass is 9.86. The molecule has 3 atom stereocenters. The summed E-state index contributed by atoms with van der Waals surface area (Å²) in [6, 6.07) is 0. The Labute approximate surface area is 143 Å². The highest BCUT2D eigenvalue weighted by molar-refractivity contribution is 7.11. The molecular weight excluding hydrogens is 304 g/mol. The van der Waals surface area contributed by atoms with Gasteiger partial charge in [0, 0.05) is 24.3 Å². The zero-order chi connectivity index (χ0) is 15.6. The smallest absolute Gasteiger partial charge is 0.220 e. The minimum atomic E-state index is 0.279. The van der Waals surface area contributed by atoms with Gasteiger partial charge in [-0.2, -0.15) is 0 Å². The van der Waals surface area contributed by atoms with E-state index in [1.54, 1.807) is 0 Å². The molecule has 3 unspecified atom stereocenters. The van der Waals surface area contributed by atoms with Gasteiger partial charge >= 0.3 is 0 Å². The van der Waals surface area contributed by atoms with Gasteiger partial charge in [-0.05, 0) is 69.1 Å². The van der Waals surface area contributed by atoms with E-state index in [1.165, 1.54) is 66.9 Å². The Bertz CT molecular complexity index is 544. The number of amides is 1. The molecule has 1 aromatic heterocycles. The number of thiazole rings is 1. The number of hydrogen-bond acceptors (Lipinski definition) is 3. The van der Waals surface area contributed by atoms with Crippen LogP contribution in [0.1, 0.15) is 66.9 Å². The Morgan fingerprint density at radius 1 is 1.22 bits per heavy atom. The van der Waals surface area contributed by atoms with Crippen molar-refractivity contribution in [2.24, 2.45) is 17.8 Å². The normalized spacial score (nSPS) is 28.8. The van der Waals surface area contributed by atoms with Gasteiger partial charge < -0.3 is 5.32 Å². The van der Waals surface area contributed by atoms with Gasteiger partial charge in [0.05, 0.1) is 10.7 Å². The molecule has 0 radical (unpaired) electrons. The second-order valence-electron chi connectivity index (χ2n) is 7.78. The number of nitrogens with one attached hydrogen (secondary N) is 1. The summed E-state index contributed by atoms with van der Waals surface area (Å²) in [5.41, 5.74) is 1.36. The number of aryl methyl sites for hydroxylation is 3. The molecule has 126 valence electrons. The van der Waals surface area contributed by atoms with Crippen LogP contribution in [0.2, 0.25) is 0 Å². The van der Waals surface area contributed by atoms with Gasteiger partial charge in [0.25, 0.3) is 0 Å². The predicted octanol–water partition coefficient (Wildman–Crippen LogP) is 3.90. The van der Waals surface area contributed by atoms with Crippen LogP contribution < -0.4 is 5.32 Å². The highest BCUT2D eigenvalue weighted by atomic mass is 32.1. The molecule has 4 rings (SSSR count). The van der Waals surface area contributed by atoms with Crippen LogP contribution >= 0.6 is 11.3 Å². The SMILES string of the molecule is O=C(CC1CC2CCC1C2)NCCCc1nc2c(s1)CCCC2. The Morgan fingerprint density at radius 2 is 2.13 bits per heavy atom. The van der Waals surface area contributed by atoms with Crippen molar-refractivity contribution in [2.45, 2.75) is 70.6 Å². The van der Waals surface area contributed by atoms with Gasteiger partial charge in [-0.1, -0.05) is 6.42 Å². The van der Waals surface area contributed by atoms with Crippen molar-refractivity contribution < 1.29 is 4.79 Å². The molecule has 0 spiro atoms. The van der Waals surface area contributed by atoms with Crippen molar-refractivity contribution in [2.75, 3.05) is 6.54 Å². The standard InChI is InChI=1S/C19H28N2OS/c22-18(12-15-11-13-7-8-14(15)10-13)20-9-3-6-19-21-16-4-1-2-5-17(16)23-19/h13-15H,1-12H2,(H,20,22). The Balaban J connectivity index is 1.16.